The van der Waals surface area contributed by atoms with Crippen molar-refractivity contribution in [1.82, 2.24) is 0 Å². The lowest BCUT2D eigenvalue weighted by Crippen LogP contribution is -2.36. The van der Waals surface area contributed by atoms with Crippen molar-refractivity contribution < 1.29 is 17.9 Å². The summed E-state index contributed by atoms with van der Waals surface area (Å²) in [5, 5.41) is 3.23. The highest BCUT2D eigenvalue weighted by molar-refractivity contribution is 5.50. The van der Waals surface area contributed by atoms with Gasteiger partial charge in [0.2, 0.25) is 0 Å². The molecule has 5 heteroatoms. The van der Waals surface area contributed by atoms with Gasteiger partial charge in [-0.2, -0.15) is 13.2 Å². The molecule has 1 aromatic rings. The number of hydrogen-bond acceptors (Lipinski definition) is 2. The molecule has 0 bridgehead atoms. The van der Waals surface area contributed by atoms with Crippen molar-refractivity contribution in [1.29, 1.82) is 0 Å². The Morgan fingerprint density at radius 2 is 2.00 bits per heavy atom. The predicted molar refractivity (Wildman–Crippen MR) is 77.4 cm³/mol. The molecule has 0 aliphatic carbocycles. The Hall–Kier alpha value is -1.23. The zero-order valence-corrected chi connectivity index (χ0v) is 12.6. The van der Waals surface area contributed by atoms with E-state index in [-0.39, 0.29) is 17.7 Å². The first-order valence-corrected chi connectivity index (χ1v) is 7.33. The van der Waals surface area contributed by atoms with Gasteiger partial charge in [0.25, 0.3) is 0 Å². The van der Waals surface area contributed by atoms with Crippen LogP contribution in [0.5, 0.6) is 0 Å². The molecule has 2 unspecified atom stereocenters. The minimum Gasteiger partial charge on any atom is -0.382 e. The molecule has 1 aliphatic rings. The summed E-state index contributed by atoms with van der Waals surface area (Å²) in [6, 6.07) is 4.60. The van der Waals surface area contributed by atoms with Gasteiger partial charge >= 0.3 is 6.18 Å². The summed E-state index contributed by atoms with van der Waals surface area (Å²) in [6.07, 6.45) is -2.49. The molecule has 0 radical (unpaired) electrons. The Morgan fingerprint density at radius 3 is 2.62 bits per heavy atom. The van der Waals surface area contributed by atoms with E-state index in [9.17, 15) is 13.2 Å². The van der Waals surface area contributed by atoms with Crippen LogP contribution in [-0.4, -0.2) is 18.8 Å². The second-order valence-corrected chi connectivity index (χ2v) is 6.05. The van der Waals surface area contributed by atoms with Crippen molar-refractivity contribution in [2.75, 3.05) is 11.9 Å². The molecule has 1 saturated heterocycles. The van der Waals surface area contributed by atoms with Gasteiger partial charge in [0.05, 0.1) is 11.7 Å². The number of ether oxygens (including phenoxy) is 1. The summed E-state index contributed by atoms with van der Waals surface area (Å²) in [7, 11) is 0. The first-order chi connectivity index (χ1) is 9.77. The van der Waals surface area contributed by atoms with E-state index in [1.807, 2.05) is 0 Å². The highest BCUT2D eigenvalue weighted by atomic mass is 19.4. The Bertz CT molecular complexity index is 485. The fourth-order valence-electron chi connectivity index (χ4n) is 2.68. The fourth-order valence-corrected chi connectivity index (χ4v) is 2.68. The largest absolute Gasteiger partial charge is 0.416 e. The second-order valence-electron chi connectivity index (χ2n) is 6.05. The van der Waals surface area contributed by atoms with Crippen LogP contribution in [0.15, 0.2) is 18.2 Å². The molecule has 2 atom stereocenters. The molecule has 21 heavy (non-hydrogen) atoms. The lowest BCUT2D eigenvalue weighted by molar-refractivity contribution is -0.138. The topological polar surface area (TPSA) is 21.3 Å². The zero-order valence-electron chi connectivity index (χ0n) is 12.6. The van der Waals surface area contributed by atoms with Gasteiger partial charge in [-0.15, -0.1) is 0 Å². The Kier molecular flexibility index (Phi) is 4.81. The van der Waals surface area contributed by atoms with Crippen LogP contribution in [-0.2, 0) is 10.9 Å². The van der Waals surface area contributed by atoms with E-state index in [0.717, 1.165) is 12.8 Å². The summed E-state index contributed by atoms with van der Waals surface area (Å²) >= 11 is 0. The van der Waals surface area contributed by atoms with Crippen LogP contribution in [0.2, 0.25) is 0 Å². The molecule has 1 fully saturated rings. The molecular weight excluding hydrogens is 279 g/mol. The number of nitrogens with one attached hydrogen (secondary N) is 1. The molecule has 0 amide bonds. The van der Waals surface area contributed by atoms with Crippen LogP contribution in [0.3, 0.4) is 0 Å². The first-order valence-electron chi connectivity index (χ1n) is 7.33. The van der Waals surface area contributed by atoms with Gasteiger partial charge in [0.15, 0.2) is 0 Å². The summed E-state index contributed by atoms with van der Waals surface area (Å²) in [5.74, 6) is 0.415. The van der Waals surface area contributed by atoms with Crippen LogP contribution in [0.4, 0.5) is 18.9 Å². The van der Waals surface area contributed by atoms with Gasteiger partial charge in [-0.3, -0.25) is 0 Å². The van der Waals surface area contributed by atoms with E-state index in [0.29, 0.717) is 18.2 Å². The van der Waals surface area contributed by atoms with E-state index < -0.39 is 11.7 Å². The molecule has 118 valence electrons. The number of hydrogen-bond donors (Lipinski definition) is 1. The van der Waals surface area contributed by atoms with Crippen LogP contribution < -0.4 is 5.32 Å². The predicted octanol–water partition coefficient (Wildman–Crippen LogP) is 4.63. The van der Waals surface area contributed by atoms with E-state index in [1.165, 1.54) is 19.1 Å². The summed E-state index contributed by atoms with van der Waals surface area (Å²) in [6.45, 7) is 6.33. The Morgan fingerprint density at radius 1 is 1.29 bits per heavy atom. The molecule has 1 aliphatic heterocycles. The maximum absolute atomic E-state index is 12.9. The number of aryl methyl sites for hydroxylation is 1. The van der Waals surface area contributed by atoms with E-state index >= 15 is 0 Å². The summed E-state index contributed by atoms with van der Waals surface area (Å²) in [5.41, 5.74) is 0.211. The quantitative estimate of drug-likeness (QED) is 0.879. The molecule has 1 N–H and O–H groups in total. The number of benzene rings is 1. The van der Waals surface area contributed by atoms with Crippen molar-refractivity contribution >= 4 is 5.69 Å². The number of halogens is 3. The molecule has 0 spiro atoms. The van der Waals surface area contributed by atoms with Gasteiger partial charge in [0, 0.05) is 18.3 Å². The average molecular weight is 301 g/mol. The summed E-state index contributed by atoms with van der Waals surface area (Å²) in [4.78, 5) is 0. The fraction of sp³-hybridized carbons (Fsp3) is 0.625. The molecule has 1 aromatic carbocycles. The Balaban J connectivity index is 2.09. The minimum absolute atomic E-state index is 0.162. The van der Waals surface area contributed by atoms with E-state index in [4.69, 9.17) is 4.74 Å². The van der Waals surface area contributed by atoms with Crippen molar-refractivity contribution in [3.05, 3.63) is 29.3 Å². The Labute approximate surface area is 123 Å². The molecule has 2 nitrogen and oxygen atoms in total. The van der Waals surface area contributed by atoms with Gasteiger partial charge < -0.3 is 10.1 Å². The normalized spacial score (nSPS) is 23.4. The van der Waals surface area contributed by atoms with Crippen molar-refractivity contribution in [3.63, 3.8) is 0 Å². The van der Waals surface area contributed by atoms with Crippen LogP contribution in [0, 0.1) is 12.8 Å². The minimum atomic E-state index is -4.31. The highest BCUT2D eigenvalue weighted by Gasteiger charge is 2.33. The van der Waals surface area contributed by atoms with Gasteiger partial charge in [-0.05, 0) is 43.4 Å². The molecular formula is C16H22F3NO. The lowest BCUT2D eigenvalue weighted by atomic mass is 9.95. The van der Waals surface area contributed by atoms with Crippen LogP contribution in [0.1, 0.15) is 37.8 Å². The molecule has 0 saturated carbocycles. The maximum atomic E-state index is 12.9. The van der Waals surface area contributed by atoms with E-state index in [2.05, 4.69) is 19.2 Å². The molecule has 2 rings (SSSR count). The molecule has 1 heterocycles. The second kappa shape index (κ2) is 6.26. The van der Waals surface area contributed by atoms with Crippen molar-refractivity contribution in [2.24, 2.45) is 5.92 Å². The third kappa shape index (κ3) is 4.13. The first kappa shape index (κ1) is 16.1. The smallest absolute Gasteiger partial charge is 0.382 e. The maximum Gasteiger partial charge on any atom is 0.416 e. The van der Waals surface area contributed by atoms with Gasteiger partial charge in [-0.25, -0.2) is 0 Å². The average Bonchev–Trinajstić information content (AvgIpc) is 2.40. The van der Waals surface area contributed by atoms with Gasteiger partial charge in [0.1, 0.15) is 0 Å². The van der Waals surface area contributed by atoms with Gasteiger partial charge in [-0.1, -0.05) is 19.9 Å². The summed E-state index contributed by atoms with van der Waals surface area (Å²) < 4.78 is 44.5. The molecule has 0 aromatic heterocycles. The number of alkyl halides is 3. The SMILES string of the molecule is Cc1ccc(NC2CCOC(C(C)C)C2)cc1C(F)(F)F. The third-order valence-electron chi connectivity index (χ3n) is 3.97. The third-order valence-corrected chi connectivity index (χ3v) is 3.97. The lowest BCUT2D eigenvalue weighted by Gasteiger charge is -2.33. The van der Waals surface area contributed by atoms with E-state index in [1.54, 1.807) is 6.07 Å². The monoisotopic (exact) mass is 301 g/mol. The highest BCUT2D eigenvalue weighted by Crippen LogP contribution is 2.34. The van der Waals surface area contributed by atoms with Crippen molar-refractivity contribution in [2.45, 2.75) is 51.9 Å². The standard InChI is InChI=1S/C16H22F3NO/c1-10(2)15-9-13(6-7-21-15)20-12-5-4-11(3)14(8-12)16(17,18)19/h4-5,8,10,13,15,20H,6-7,9H2,1-3H3. The number of rotatable bonds is 3. The van der Waals surface area contributed by atoms with Crippen LogP contribution >= 0.6 is 0 Å². The van der Waals surface area contributed by atoms with Crippen molar-refractivity contribution in [3.8, 4) is 0 Å². The van der Waals surface area contributed by atoms with Crippen LogP contribution in [0.25, 0.3) is 0 Å². The number of anilines is 1. The zero-order chi connectivity index (χ0) is 15.6.